The van der Waals surface area contributed by atoms with Crippen molar-refractivity contribution >= 4 is 27.5 Å². The lowest BCUT2D eigenvalue weighted by atomic mass is 10.2. The summed E-state index contributed by atoms with van der Waals surface area (Å²) in [6.45, 7) is 1.90. The number of aromatic nitrogens is 2. The van der Waals surface area contributed by atoms with Crippen molar-refractivity contribution in [3.05, 3.63) is 41.1 Å². The summed E-state index contributed by atoms with van der Waals surface area (Å²) in [5.41, 5.74) is 7.00. The highest BCUT2D eigenvalue weighted by Gasteiger charge is 2.13. The molecule has 19 heavy (non-hydrogen) atoms. The molecule has 5 nitrogen and oxygen atoms in total. The summed E-state index contributed by atoms with van der Waals surface area (Å²) in [5.74, 6) is -0.365. The molecule has 3 N–H and O–H groups in total. The Morgan fingerprint density at radius 1 is 1.53 bits per heavy atom. The van der Waals surface area contributed by atoms with Gasteiger partial charge in [-0.05, 0) is 34.5 Å². The highest BCUT2D eigenvalue weighted by Crippen LogP contribution is 2.21. The molecule has 0 aliphatic heterocycles. The number of benzene rings is 1. The van der Waals surface area contributed by atoms with Crippen molar-refractivity contribution in [3.63, 3.8) is 0 Å². The monoisotopic (exact) mass is 322 g/mol. The lowest BCUT2D eigenvalue weighted by Crippen LogP contribution is -2.34. The molecule has 1 heterocycles. The number of para-hydroxylation sites is 1. The second-order valence-corrected chi connectivity index (χ2v) is 4.99. The number of carbonyl (C=O) groups is 1. The molecule has 0 saturated carbocycles. The van der Waals surface area contributed by atoms with E-state index >= 15 is 0 Å². The first-order valence-electron chi connectivity index (χ1n) is 5.97. The standard InChI is InChI=1S/C13H15BrN4O/c1-2-11(13(15)19)17-9-7-16-18(8-9)12-6-4-3-5-10(12)14/h3-8,11,17H,2H2,1H3,(H2,15,19)/t11-/m1/s1. The number of hydrogen-bond donors (Lipinski definition) is 2. The number of carbonyl (C=O) groups excluding carboxylic acids is 1. The largest absolute Gasteiger partial charge is 0.371 e. The Kier molecular flexibility index (Phi) is 4.21. The number of anilines is 1. The molecule has 0 bridgehead atoms. The smallest absolute Gasteiger partial charge is 0.239 e. The number of hydrogen-bond acceptors (Lipinski definition) is 3. The van der Waals surface area contributed by atoms with Crippen molar-refractivity contribution in [2.24, 2.45) is 5.73 Å². The molecule has 0 radical (unpaired) electrons. The van der Waals surface area contributed by atoms with E-state index in [9.17, 15) is 4.79 Å². The normalized spacial score (nSPS) is 12.1. The van der Waals surface area contributed by atoms with Gasteiger partial charge in [0.05, 0.1) is 23.8 Å². The minimum Gasteiger partial charge on any atom is -0.371 e. The van der Waals surface area contributed by atoms with Gasteiger partial charge in [-0.2, -0.15) is 5.10 Å². The molecule has 0 fully saturated rings. The molecule has 0 unspecified atom stereocenters. The van der Waals surface area contributed by atoms with E-state index in [1.54, 1.807) is 10.9 Å². The van der Waals surface area contributed by atoms with Gasteiger partial charge in [0, 0.05) is 4.47 Å². The van der Waals surface area contributed by atoms with E-state index in [2.05, 4.69) is 26.3 Å². The maximum absolute atomic E-state index is 11.2. The highest BCUT2D eigenvalue weighted by atomic mass is 79.9. The summed E-state index contributed by atoms with van der Waals surface area (Å²) in [6, 6.07) is 7.40. The fraction of sp³-hybridized carbons (Fsp3) is 0.231. The van der Waals surface area contributed by atoms with Crippen molar-refractivity contribution in [3.8, 4) is 5.69 Å². The van der Waals surface area contributed by atoms with Crippen LogP contribution < -0.4 is 11.1 Å². The zero-order chi connectivity index (χ0) is 13.8. The molecule has 0 aliphatic rings. The van der Waals surface area contributed by atoms with Crippen molar-refractivity contribution in [2.45, 2.75) is 19.4 Å². The van der Waals surface area contributed by atoms with Gasteiger partial charge in [0.2, 0.25) is 5.91 Å². The average molecular weight is 323 g/mol. The zero-order valence-corrected chi connectivity index (χ0v) is 12.1. The second-order valence-electron chi connectivity index (χ2n) is 4.13. The molecule has 2 rings (SSSR count). The van der Waals surface area contributed by atoms with Crippen molar-refractivity contribution in [2.75, 3.05) is 5.32 Å². The zero-order valence-electron chi connectivity index (χ0n) is 10.5. The molecule has 0 spiro atoms. The van der Waals surface area contributed by atoms with Crippen LogP contribution in [0.25, 0.3) is 5.69 Å². The molecular formula is C13H15BrN4O. The van der Waals surface area contributed by atoms with Gasteiger partial charge < -0.3 is 11.1 Å². The number of amides is 1. The van der Waals surface area contributed by atoms with Crippen LogP contribution in [0.4, 0.5) is 5.69 Å². The first-order chi connectivity index (χ1) is 9.11. The summed E-state index contributed by atoms with van der Waals surface area (Å²) < 4.78 is 2.69. The van der Waals surface area contributed by atoms with Gasteiger partial charge in [-0.3, -0.25) is 4.79 Å². The second kappa shape index (κ2) is 5.88. The Morgan fingerprint density at radius 3 is 2.89 bits per heavy atom. The maximum atomic E-state index is 11.2. The van der Waals surface area contributed by atoms with Crippen molar-refractivity contribution in [1.82, 2.24) is 9.78 Å². The van der Waals surface area contributed by atoms with Crippen LogP contribution in [-0.2, 0) is 4.79 Å². The third-order valence-electron chi connectivity index (χ3n) is 2.77. The van der Waals surface area contributed by atoms with Crippen LogP contribution in [-0.4, -0.2) is 21.7 Å². The number of halogens is 1. The maximum Gasteiger partial charge on any atom is 0.239 e. The van der Waals surface area contributed by atoms with E-state index < -0.39 is 0 Å². The lowest BCUT2D eigenvalue weighted by Gasteiger charge is -2.12. The fourth-order valence-electron chi connectivity index (χ4n) is 1.74. The van der Waals surface area contributed by atoms with E-state index in [1.165, 1.54) is 0 Å². The summed E-state index contributed by atoms with van der Waals surface area (Å²) >= 11 is 3.47. The summed E-state index contributed by atoms with van der Waals surface area (Å²) in [7, 11) is 0. The van der Waals surface area contributed by atoms with Crippen LogP contribution in [0.2, 0.25) is 0 Å². The molecule has 1 aromatic heterocycles. The van der Waals surface area contributed by atoms with E-state index in [1.807, 2.05) is 37.4 Å². The Hall–Kier alpha value is -1.82. The van der Waals surface area contributed by atoms with Crippen molar-refractivity contribution in [1.29, 1.82) is 0 Å². The predicted octanol–water partition coefficient (Wildman–Crippen LogP) is 2.31. The molecule has 2 aromatic rings. The van der Waals surface area contributed by atoms with Crippen molar-refractivity contribution < 1.29 is 4.79 Å². The van der Waals surface area contributed by atoms with Gasteiger partial charge >= 0.3 is 0 Å². The van der Waals surface area contributed by atoms with Crippen LogP contribution in [0.15, 0.2) is 41.1 Å². The molecule has 1 aromatic carbocycles. The molecule has 0 aliphatic carbocycles. The van der Waals surface area contributed by atoms with Crippen LogP contribution in [0.5, 0.6) is 0 Å². The van der Waals surface area contributed by atoms with Crippen LogP contribution in [0.3, 0.4) is 0 Å². The fourth-order valence-corrected chi connectivity index (χ4v) is 2.21. The Balaban J connectivity index is 2.20. The van der Waals surface area contributed by atoms with Crippen LogP contribution in [0.1, 0.15) is 13.3 Å². The number of primary amides is 1. The number of nitrogens with two attached hydrogens (primary N) is 1. The number of nitrogens with one attached hydrogen (secondary N) is 1. The molecular weight excluding hydrogens is 308 g/mol. The van der Waals surface area contributed by atoms with Gasteiger partial charge in [0.25, 0.3) is 0 Å². The number of nitrogens with zero attached hydrogens (tertiary/aromatic N) is 2. The Bertz CT molecular complexity index is 582. The molecule has 1 atom stereocenters. The first-order valence-corrected chi connectivity index (χ1v) is 6.76. The average Bonchev–Trinajstić information content (AvgIpc) is 2.84. The highest BCUT2D eigenvalue weighted by molar-refractivity contribution is 9.10. The molecule has 1 amide bonds. The molecule has 100 valence electrons. The van der Waals surface area contributed by atoms with Gasteiger partial charge in [0.1, 0.15) is 6.04 Å². The van der Waals surface area contributed by atoms with Crippen LogP contribution >= 0.6 is 15.9 Å². The van der Waals surface area contributed by atoms with E-state index in [0.717, 1.165) is 15.8 Å². The lowest BCUT2D eigenvalue weighted by molar-refractivity contribution is -0.118. The quantitative estimate of drug-likeness (QED) is 0.887. The summed E-state index contributed by atoms with van der Waals surface area (Å²) in [5, 5.41) is 7.33. The summed E-state index contributed by atoms with van der Waals surface area (Å²) in [4.78, 5) is 11.2. The minimum atomic E-state index is -0.378. The van der Waals surface area contributed by atoms with E-state index in [4.69, 9.17) is 5.73 Å². The molecule has 0 saturated heterocycles. The SMILES string of the molecule is CC[C@@H](Nc1cnn(-c2ccccc2Br)c1)C(N)=O. The van der Waals surface area contributed by atoms with Gasteiger partial charge in [-0.15, -0.1) is 0 Å². The first kappa shape index (κ1) is 13.6. The van der Waals surface area contributed by atoms with E-state index in [-0.39, 0.29) is 11.9 Å². The Labute approximate surface area is 119 Å². The molecule has 6 heteroatoms. The van der Waals surface area contributed by atoms with Gasteiger partial charge in [0.15, 0.2) is 0 Å². The third-order valence-corrected chi connectivity index (χ3v) is 3.45. The minimum absolute atomic E-state index is 0.365. The topological polar surface area (TPSA) is 72.9 Å². The number of rotatable bonds is 5. The van der Waals surface area contributed by atoms with Crippen LogP contribution in [0, 0.1) is 0 Å². The predicted molar refractivity (Wildman–Crippen MR) is 78.2 cm³/mol. The van der Waals surface area contributed by atoms with Gasteiger partial charge in [-0.25, -0.2) is 4.68 Å². The van der Waals surface area contributed by atoms with Gasteiger partial charge in [-0.1, -0.05) is 19.1 Å². The Morgan fingerprint density at radius 2 is 2.26 bits per heavy atom. The third kappa shape index (κ3) is 3.14. The summed E-state index contributed by atoms with van der Waals surface area (Å²) in [6.07, 6.45) is 4.13. The van der Waals surface area contributed by atoms with E-state index in [0.29, 0.717) is 6.42 Å².